The zero-order valence-corrected chi connectivity index (χ0v) is 16.2. The van der Waals surface area contributed by atoms with Gasteiger partial charge in [0.15, 0.2) is 11.0 Å². The van der Waals surface area contributed by atoms with Crippen LogP contribution in [0.15, 0.2) is 47.6 Å². The maximum Gasteiger partial charge on any atom is 0.338 e. The summed E-state index contributed by atoms with van der Waals surface area (Å²) in [5.41, 5.74) is 10.1. The molecule has 0 saturated carbocycles. The van der Waals surface area contributed by atoms with E-state index >= 15 is 0 Å². The third-order valence-corrected chi connectivity index (χ3v) is 4.98. The Morgan fingerprint density at radius 3 is 2.52 bits per heavy atom. The molecule has 3 rings (SSSR count). The highest BCUT2D eigenvalue weighted by molar-refractivity contribution is 7.98. The molecule has 2 aromatic carbocycles. The van der Waals surface area contributed by atoms with Gasteiger partial charge in [-0.25, -0.2) is 9.78 Å². The number of hydrogen-bond donors (Lipinski definition) is 1. The van der Waals surface area contributed by atoms with Crippen LogP contribution in [0.2, 0.25) is 0 Å². The highest BCUT2D eigenvalue weighted by Crippen LogP contribution is 2.27. The van der Waals surface area contributed by atoms with Crippen molar-refractivity contribution in [1.82, 2.24) is 15.0 Å². The number of carbonyl (C=O) groups is 1. The standard InChI is InChI=1S/C20H20N4O2S/c1-12-9-13(2)16(18(25)26-3)10-15(12)17-22-19(21)24-20(23-17)27-11-14-7-5-4-6-8-14/h4-10H,11H2,1-3H3,(H2,21,22,23,24). The van der Waals surface area contributed by atoms with E-state index < -0.39 is 5.97 Å². The summed E-state index contributed by atoms with van der Waals surface area (Å²) in [6.45, 7) is 3.81. The van der Waals surface area contributed by atoms with Crippen LogP contribution in [0.25, 0.3) is 11.4 Å². The molecule has 6 nitrogen and oxygen atoms in total. The third-order valence-electron chi connectivity index (χ3n) is 4.06. The van der Waals surface area contributed by atoms with E-state index in [4.69, 9.17) is 10.5 Å². The number of anilines is 1. The predicted octanol–water partition coefficient (Wildman–Crippen LogP) is 3.82. The lowest BCUT2D eigenvalue weighted by Crippen LogP contribution is -2.07. The van der Waals surface area contributed by atoms with Crippen molar-refractivity contribution in [2.75, 3.05) is 12.8 Å². The average Bonchev–Trinajstić information content (AvgIpc) is 2.66. The fourth-order valence-corrected chi connectivity index (χ4v) is 3.50. The molecule has 0 spiro atoms. The number of methoxy groups -OCH3 is 1. The quantitative estimate of drug-likeness (QED) is 0.531. The summed E-state index contributed by atoms with van der Waals surface area (Å²) in [5.74, 6) is 0.926. The largest absolute Gasteiger partial charge is 0.465 e. The van der Waals surface area contributed by atoms with Crippen molar-refractivity contribution < 1.29 is 9.53 Å². The number of hydrogen-bond acceptors (Lipinski definition) is 7. The van der Waals surface area contributed by atoms with Crippen molar-refractivity contribution in [2.45, 2.75) is 24.8 Å². The highest BCUT2D eigenvalue weighted by Gasteiger charge is 2.16. The summed E-state index contributed by atoms with van der Waals surface area (Å²) in [6, 6.07) is 13.7. The van der Waals surface area contributed by atoms with Crippen molar-refractivity contribution in [1.29, 1.82) is 0 Å². The number of rotatable bonds is 5. The van der Waals surface area contributed by atoms with Gasteiger partial charge in [0.1, 0.15) is 0 Å². The predicted molar refractivity (Wildman–Crippen MR) is 106 cm³/mol. The Kier molecular flexibility index (Phi) is 5.71. The lowest BCUT2D eigenvalue weighted by atomic mass is 9.99. The van der Waals surface area contributed by atoms with Gasteiger partial charge in [-0.15, -0.1) is 0 Å². The SMILES string of the molecule is COC(=O)c1cc(-c2nc(N)nc(SCc3ccccc3)n2)c(C)cc1C. The highest BCUT2D eigenvalue weighted by atomic mass is 32.2. The molecule has 3 aromatic rings. The van der Waals surface area contributed by atoms with Gasteiger partial charge >= 0.3 is 5.97 Å². The molecule has 0 aliphatic carbocycles. The van der Waals surface area contributed by atoms with Gasteiger partial charge in [-0.05, 0) is 36.6 Å². The Bertz CT molecular complexity index is 977. The molecule has 1 heterocycles. The van der Waals surface area contributed by atoms with Crippen LogP contribution in [0, 0.1) is 13.8 Å². The molecule has 0 amide bonds. The van der Waals surface area contributed by atoms with Gasteiger partial charge in [0.05, 0.1) is 12.7 Å². The maximum absolute atomic E-state index is 12.0. The van der Waals surface area contributed by atoms with E-state index in [0.717, 1.165) is 22.4 Å². The van der Waals surface area contributed by atoms with Crippen molar-refractivity contribution in [3.8, 4) is 11.4 Å². The minimum absolute atomic E-state index is 0.148. The van der Waals surface area contributed by atoms with Crippen LogP contribution in [0.1, 0.15) is 27.0 Å². The molecular formula is C20H20N4O2S. The molecule has 0 fully saturated rings. The molecule has 1 aromatic heterocycles. The van der Waals surface area contributed by atoms with Crippen molar-refractivity contribution >= 4 is 23.7 Å². The topological polar surface area (TPSA) is 91.0 Å². The number of carbonyl (C=O) groups excluding carboxylic acids is 1. The Hall–Kier alpha value is -2.93. The second-order valence-corrected chi connectivity index (χ2v) is 6.99. The maximum atomic E-state index is 12.0. The van der Waals surface area contributed by atoms with Gasteiger partial charge < -0.3 is 10.5 Å². The van der Waals surface area contributed by atoms with Crippen LogP contribution in [0.5, 0.6) is 0 Å². The van der Waals surface area contributed by atoms with E-state index in [0.29, 0.717) is 16.5 Å². The summed E-state index contributed by atoms with van der Waals surface area (Å²) in [6.07, 6.45) is 0. The minimum atomic E-state index is -0.394. The molecule has 0 atom stereocenters. The van der Waals surface area contributed by atoms with Crippen molar-refractivity contribution in [2.24, 2.45) is 0 Å². The fraction of sp³-hybridized carbons (Fsp3) is 0.200. The number of thioether (sulfide) groups is 1. The Labute approximate surface area is 162 Å². The Morgan fingerprint density at radius 2 is 1.81 bits per heavy atom. The molecule has 0 saturated heterocycles. The zero-order valence-electron chi connectivity index (χ0n) is 15.4. The molecule has 2 N–H and O–H groups in total. The summed E-state index contributed by atoms with van der Waals surface area (Å²) in [5, 5.41) is 0.543. The van der Waals surface area contributed by atoms with Crippen LogP contribution in [-0.2, 0) is 10.5 Å². The molecule has 0 unspecified atom stereocenters. The average molecular weight is 380 g/mol. The monoisotopic (exact) mass is 380 g/mol. The molecule has 27 heavy (non-hydrogen) atoms. The van der Waals surface area contributed by atoms with Crippen molar-refractivity contribution in [3.63, 3.8) is 0 Å². The molecule has 0 bridgehead atoms. The van der Waals surface area contributed by atoms with Crippen LogP contribution < -0.4 is 5.73 Å². The smallest absolute Gasteiger partial charge is 0.338 e. The molecular weight excluding hydrogens is 360 g/mol. The number of aryl methyl sites for hydroxylation is 2. The van der Waals surface area contributed by atoms with Gasteiger partial charge in [0.2, 0.25) is 5.95 Å². The number of benzene rings is 2. The normalized spacial score (nSPS) is 10.6. The van der Waals surface area contributed by atoms with E-state index in [1.54, 1.807) is 6.07 Å². The Morgan fingerprint density at radius 1 is 1.07 bits per heavy atom. The first-order valence-corrected chi connectivity index (χ1v) is 9.34. The number of aromatic nitrogens is 3. The summed E-state index contributed by atoms with van der Waals surface area (Å²) >= 11 is 1.49. The second-order valence-electron chi connectivity index (χ2n) is 6.05. The number of esters is 1. The van der Waals surface area contributed by atoms with Crippen LogP contribution in [-0.4, -0.2) is 28.0 Å². The molecule has 0 radical (unpaired) electrons. The lowest BCUT2D eigenvalue weighted by molar-refractivity contribution is 0.0600. The second kappa shape index (κ2) is 8.18. The van der Waals surface area contributed by atoms with Crippen LogP contribution in [0.4, 0.5) is 5.95 Å². The van der Waals surface area contributed by atoms with Gasteiger partial charge in [-0.1, -0.05) is 48.2 Å². The van der Waals surface area contributed by atoms with E-state index in [2.05, 4.69) is 15.0 Å². The van der Waals surface area contributed by atoms with Gasteiger partial charge in [-0.3, -0.25) is 0 Å². The van der Waals surface area contributed by atoms with E-state index in [1.165, 1.54) is 24.4 Å². The molecule has 138 valence electrons. The summed E-state index contributed by atoms with van der Waals surface area (Å²) in [4.78, 5) is 25.1. The van der Waals surface area contributed by atoms with Crippen LogP contribution >= 0.6 is 11.8 Å². The zero-order chi connectivity index (χ0) is 19.4. The van der Waals surface area contributed by atoms with E-state index in [9.17, 15) is 4.79 Å². The summed E-state index contributed by atoms with van der Waals surface area (Å²) in [7, 11) is 1.36. The third kappa shape index (κ3) is 4.43. The number of ether oxygens (including phenoxy) is 1. The van der Waals surface area contributed by atoms with Crippen LogP contribution in [0.3, 0.4) is 0 Å². The van der Waals surface area contributed by atoms with Crippen molar-refractivity contribution in [3.05, 3.63) is 64.7 Å². The minimum Gasteiger partial charge on any atom is -0.465 e. The van der Waals surface area contributed by atoms with E-state index in [-0.39, 0.29) is 5.95 Å². The summed E-state index contributed by atoms with van der Waals surface area (Å²) < 4.78 is 4.86. The first-order valence-electron chi connectivity index (χ1n) is 8.36. The Balaban J connectivity index is 1.95. The van der Waals surface area contributed by atoms with Gasteiger partial charge in [-0.2, -0.15) is 9.97 Å². The molecule has 0 aliphatic heterocycles. The van der Waals surface area contributed by atoms with Gasteiger partial charge in [0, 0.05) is 11.3 Å². The first-order chi connectivity index (χ1) is 13.0. The lowest BCUT2D eigenvalue weighted by Gasteiger charge is -2.11. The molecule has 7 heteroatoms. The number of nitrogens with two attached hydrogens (primary N) is 1. The number of nitrogens with zero attached hydrogens (tertiary/aromatic N) is 3. The molecule has 0 aliphatic rings. The van der Waals surface area contributed by atoms with Gasteiger partial charge in [0.25, 0.3) is 0 Å². The fourth-order valence-electron chi connectivity index (χ4n) is 2.70. The first kappa shape index (κ1) is 18.8. The number of nitrogen functional groups attached to an aromatic ring is 1. The van der Waals surface area contributed by atoms with E-state index in [1.807, 2.05) is 50.2 Å².